The Kier molecular flexibility index (Phi) is 8.39. The van der Waals surface area contributed by atoms with E-state index in [1.54, 1.807) is 17.6 Å². The molecule has 0 unspecified atom stereocenters. The van der Waals surface area contributed by atoms with E-state index in [4.69, 9.17) is 18.4 Å². The van der Waals surface area contributed by atoms with Crippen molar-refractivity contribution in [3.8, 4) is 5.75 Å². The van der Waals surface area contributed by atoms with Gasteiger partial charge in [-0.3, -0.25) is 9.55 Å². The van der Waals surface area contributed by atoms with E-state index in [9.17, 15) is 18.0 Å². The fraction of sp³-hybridized carbons (Fsp3) is 0.381. The Morgan fingerprint density at radius 2 is 1.97 bits per heavy atom. The number of pyridine rings is 1. The summed E-state index contributed by atoms with van der Waals surface area (Å²) in [5.41, 5.74) is 2.26. The van der Waals surface area contributed by atoms with Crippen molar-refractivity contribution in [2.45, 2.75) is 44.9 Å². The maximum absolute atomic E-state index is 12.4. The van der Waals surface area contributed by atoms with Gasteiger partial charge in [0.1, 0.15) is 12.4 Å². The molecule has 8 nitrogen and oxygen atoms in total. The zero-order chi connectivity index (χ0) is 23.8. The molecule has 178 valence electrons. The molecular weight excluding hydrogens is 463 g/mol. The molecule has 3 aromatic rings. The number of nitrogens with zero attached hydrogens (tertiary/aromatic N) is 3. The molecule has 0 atom stereocenters. The Hall–Kier alpha value is -2.99. The van der Waals surface area contributed by atoms with Crippen molar-refractivity contribution < 1.29 is 36.4 Å². The summed E-state index contributed by atoms with van der Waals surface area (Å²) >= 11 is 0.928. The topological polar surface area (TPSA) is 84.7 Å². The fourth-order valence-corrected chi connectivity index (χ4v) is 3.40. The summed E-state index contributed by atoms with van der Waals surface area (Å²) in [5.74, 6) is 0.0807. The first-order valence-corrected chi connectivity index (χ1v) is 10.7. The second kappa shape index (κ2) is 11.2. The van der Waals surface area contributed by atoms with Crippen molar-refractivity contribution in [3.63, 3.8) is 0 Å². The number of hydrogen-bond acceptors (Lipinski definition) is 8. The smallest absolute Gasteiger partial charge is 0.484 e. The van der Waals surface area contributed by atoms with Crippen LogP contribution in [0, 0.1) is 6.92 Å². The normalized spacial score (nSPS) is 11.5. The third kappa shape index (κ3) is 6.99. The molecule has 0 fully saturated rings. The molecule has 12 heteroatoms. The van der Waals surface area contributed by atoms with Crippen molar-refractivity contribution in [2.75, 3.05) is 13.2 Å². The lowest BCUT2D eigenvalue weighted by molar-refractivity contribution is -0.153. The van der Waals surface area contributed by atoms with E-state index >= 15 is 0 Å². The van der Waals surface area contributed by atoms with Crippen molar-refractivity contribution in [3.05, 3.63) is 47.8 Å². The first-order chi connectivity index (χ1) is 15.8. The Balaban J connectivity index is 1.67. The number of halogens is 3. The summed E-state index contributed by atoms with van der Waals surface area (Å²) in [5, 5.41) is 0.418. The predicted molar refractivity (Wildman–Crippen MR) is 114 cm³/mol. The van der Waals surface area contributed by atoms with Gasteiger partial charge in [-0.15, -0.1) is 0 Å². The maximum atomic E-state index is 12.4. The van der Waals surface area contributed by atoms with Crippen LogP contribution in [0.5, 0.6) is 5.75 Å². The number of ether oxygens (including phenoxy) is 3. The van der Waals surface area contributed by atoms with E-state index in [2.05, 4.69) is 9.97 Å². The van der Waals surface area contributed by atoms with E-state index in [1.807, 2.05) is 25.1 Å². The van der Waals surface area contributed by atoms with Crippen molar-refractivity contribution in [2.24, 2.45) is 0 Å². The van der Waals surface area contributed by atoms with Gasteiger partial charge < -0.3 is 18.4 Å². The van der Waals surface area contributed by atoms with Crippen LogP contribution in [0.1, 0.15) is 24.6 Å². The van der Waals surface area contributed by atoms with Crippen LogP contribution in [0.25, 0.3) is 11.0 Å². The molecule has 33 heavy (non-hydrogen) atoms. The van der Waals surface area contributed by atoms with Gasteiger partial charge in [0.25, 0.3) is 0 Å². The largest absolute Gasteiger partial charge is 0.510 e. The van der Waals surface area contributed by atoms with Crippen molar-refractivity contribution >= 4 is 29.2 Å². The molecule has 0 saturated heterocycles. The van der Waals surface area contributed by atoms with E-state index in [1.165, 1.54) is 12.3 Å². The highest BCUT2D eigenvalue weighted by Gasteiger charge is 2.28. The summed E-state index contributed by atoms with van der Waals surface area (Å²) in [6, 6.07) is 8.64. The second-order valence-corrected chi connectivity index (χ2v) is 7.58. The average molecular weight is 485 g/mol. The Bertz CT molecular complexity index is 1090. The third-order valence-corrected chi connectivity index (χ3v) is 5.03. The summed E-state index contributed by atoms with van der Waals surface area (Å²) in [6.07, 6.45) is -3.20. The second-order valence-electron chi connectivity index (χ2n) is 6.81. The van der Waals surface area contributed by atoms with Gasteiger partial charge in [0.2, 0.25) is 0 Å². The highest BCUT2D eigenvalue weighted by Crippen LogP contribution is 2.28. The van der Waals surface area contributed by atoms with Gasteiger partial charge in [-0.1, -0.05) is 19.1 Å². The fourth-order valence-electron chi connectivity index (χ4n) is 2.74. The van der Waals surface area contributed by atoms with Gasteiger partial charge in [-0.2, -0.15) is 13.2 Å². The minimum atomic E-state index is -4.44. The van der Waals surface area contributed by atoms with Crippen LogP contribution in [0.4, 0.5) is 18.0 Å². The molecule has 3 rings (SSSR count). The minimum absolute atomic E-state index is 0.0116. The van der Waals surface area contributed by atoms with Crippen LogP contribution >= 0.6 is 12.0 Å². The van der Waals surface area contributed by atoms with E-state index in [0.717, 1.165) is 17.6 Å². The summed E-state index contributed by atoms with van der Waals surface area (Å²) in [4.78, 5) is 20.4. The molecule has 0 amide bonds. The molecule has 0 radical (unpaired) electrons. The monoisotopic (exact) mass is 485 g/mol. The van der Waals surface area contributed by atoms with Gasteiger partial charge in [-0.05, 0) is 31.5 Å². The SMILES string of the molecule is CCCOC(=O)OCn1c(SOCc2nccc(OCC(F)(F)F)c2C)nc2ccccc21. The number of benzene rings is 1. The quantitative estimate of drug-likeness (QED) is 0.278. The molecule has 0 aliphatic rings. The van der Waals surface area contributed by atoms with Crippen LogP contribution in [0.15, 0.2) is 41.7 Å². The molecule has 0 N–H and O–H groups in total. The third-order valence-electron chi connectivity index (χ3n) is 4.33. The van der Waals surface area contributed by atoms with Crippen molar-refractivity contribution in [1.82, 2.24) is 14.5 Å². The molecule has 0 saturated carbocycles. The number of alkyl halides is 3. The van der Waals surface area contributed by atoms with E-state index in [-0.39, 0.29) is 25.7 Å². The first kappa shape index (κ1) is 24.6. The molecule has 0 spiro atoms. The summed E-state index contributed by atoms with van der Waals surface area (Å²) in [7, 11) is 0. The number of carbonyl (C=O) groups is 1. The van der Waals surface area contributed by atoms with Crippen molar-refractivity contribution in [1.29, 1.82) is 0 Å². The highest BCUT2D eigenvalue weighted by atomic mass is 32.2. The van der Waals surface area contributed by atoms with E-state index < -0.39 is 18.9 Å². The zero-order valence-corrected chi connectivity index (χ0v) is 18.7. The molecule has 0 aliphatic heterocycles. The number of rotatable bonds is 10. The lowest BCUT2D eigenvalue weighted by atomic mass is 10.2. The number of carbonyl (C=O) groups excluding carboxylic acids is 1. The molecular formula is C21H22F3N3O5S. The molecule has 2 aromatic heterocycles. The number of fused-ring (bicyclic) bond motifs is 1. The van der Waals surface area contributed by atoms with Crippen LogP contribution in [-0.2, 0) is 27.0 Å². The number of aromatic nitrogens is 3. The predicted octanol–water partition coefficient (Wildman–Crippen LogP) is 5.43. The van der Waals surface area contributed by atoms with Crippen LogP contribution in [-0.4, -0.2) is 40.1 Å². The van der Waals surface area contributed by atoms with Gasteiger partial charge in [0.15, 0.2) is 18.5 Å². The highest BCUT2D eigenvalue weighted by molar-refractivity contribution is 7.94. The van der Waals surface area contributed by atoms with Crippen LogP contribution in [0.3, 0.4) is 0 Å². The first-order valence-electron chi connectivity index (χ1n) is 9.96. The molecule has 2 heterocycles. The maximum Gasteiger partial charge on any atom is 0.510 e. The van der Waals surface area contributed by atoms with Gasteiger partial charge in [0, 0.05) is 11.8 Å². The Morgan fingerprint density at radius 1 is 1.18 bits per heavy atom. The van der Waals surface area contributed by atoms with Crippen LogP contribution < -0.4 is 4.74 Å². The molecule has 0 aliphatic carbocycles. The lowest BCUT2D eigenvalue weighted by Crippen LogP contribution is -2.19. The Labute approximate surface area is 192 Å². The number of imidazole rings is 1. The van der Waals surface area contributed by atoms with E-state index in [0.29, 0.717) is 28.4 Å². The standard InChI is InChI=1S/C21H22F3N3O5S/c1-3-10-29-20(28)31-13-27-17-7-5-4-6-15(17)26-19(27)33-32-11-16-14(2)18(8-9-25-16)30-12-21(22,23)24/h4-9H,3,10-13H2,1-2H3. The number of hydrogen-bond donors (Lipinski definition) is 0. The average Bonchev–Trinajstić information content (AvgIpc) is 3.13. The van der Waals surface area contributed by atoms with Crippen LogP contribution in [0.2, 0.25) is 0 Å². The van der Waals surface area contributed by atoms with Gasteiger partial charge in [0.05, 0.1) is 35.4 Å². The zero-order valence-electron chi connectivity index (χ0n) is 17.9. The molecule has 1 aromatic carbocycles. The Morgan fingerprint density at radius 3 is 2.73 bits per heavy atom. The van der Waals surface area contributed by atoms with Gasteiger partial charge >= 0.3 is 12.3 Å². The summed E-state index contributed by atoms with van der Waals surface area (Å²) < 4.78 is 59.6. The lowest BCUT2D eigenvalue weighted by Gasteiger charge is -2.13. The minimum Gasteiger partial charge on any atom is -0.484 e. The number of para-hydroxylation sites is 2. The summed E-state index contributed by atoms with van der Waals surface area (Å²) in [6.45, 7) is 2.20. The van der Waals surface area contributed by atoms with Gasteiger partial charge in [-0.25, -0.2) is 9.78 Å². The molecule has 0 bridgehead atoms.